The van der Waals surface area contributed by atoms with E-state index in [0.717, 1.165) is 57.7 Å². The van der Waals surface area contributed by atoms with Crippen molar-refractivity contribution in [2.45, 2.75) is 49.3 Å². The van der Waals surface area contributed by atoms with Crippen molar-refractivity contribution >= 4 is 29.1 Å². The monoisotopic (exact) mass is 380 g/mol. The highest BCUT2D eigenvalue weighted by Crippen LogP contribution is 2.40. The first-order chi connectivity index (χ1) is 12.1. The van der Waals surface area contributed by atoms with Gasteiger partial charge < -0.3 is 15.2 Å². The summed E-state index contributed by atoms with van der Waals surface area (Å²) in [7, 11) is 0. The summed E-state index contributed by atoms with van der Waals surface area (Å²) in [6.07, 6.45) is 4.28. The fraction of sp³-hybridized carbons (Fsp3) is 0.400. The lowest BCUT2D eigenvalue weighted by molar-refractivity contribution is -0.256. The van der Waals surface area contributed by atoms with Crippen molar-refractivity contribution in [3.8, 4) is 11.5 Å². The number of hydrogen-bond acceptors (Lipinski definition) is 3. The van der Waals surface area contributed by atoms with E-state index in [1.54, 1.807) is 11.8 Å². The molecule has 0 atom stereocenters. The quantitative estimate of drug-likeness (QED) is 0.536. The molecule has 0 radical (unpaired) electrons. The van der Waals surface area contributed by atoms with Crippen LogP contribution in [0.2, 0.25) is 5.02 Å². The second kappa shape index (κ2) is 10.6. The van der Waals surface area contributed by atoms with E-state index in [1.807, 2.05) is 36.4 Å². The van der Waals surface area contributed by atoms with E-state index in [1.165, 1.54) is 0 Å². The molecule has 3 N–H and O–H groups in total. The molecule has 0 aromatic heterocycles. The molecule has 2 aromatic carbocycles. The Bertz CT molecular complexity index is 661. The Morgan fingerprint density at radius 3 is 2.12 bits per heavy atom. The smallest absolute Gasteiger partial charge is 0.181 e. The van der Waals surface area contributed by atoms with Crippen molar-refractivity contribution in [1.29, 1.82) is 0 Å². The Morgan fingerprint density at radius 1 is 0.920 bits per heavy atom. The van der Waals surface area contributed by atoms with E-state index >= 15 is 0 Å². The summed E-state index contributed by atoms with van der Waals surface area (Å²) >= 11 is 7.64. The third kappa shape index (κ3) is 6.46. The van der Waals surface area contributed by atoms with Gasteiger partial charge in [-0.25, -0.2) is 0 Å². The van der Waals surface area contributed by atoms with Crippen LogP contribution in [-0.4, -0.2) is 13.2 Å². The summed E-state index contributed by atoms with van der Waals surface area (Å²) in [5.41, 5.74) is 4.98. The van der Waals surface area contributed by atoms with Crippen LogP contribution in [0.15, 0.2) is 46.2 Å². The van der Waals surface area contributed by atoms with Crippen molar-refractivity contribution in [3.05, 3.63) is 41.4 Å². The zero-order valence-electron chi connectivity index (χ0n) is 15.0. The van der Waals surface area contributed by atoms with E-state index in [2.05, 4.69) is 19.6 Å². The Balaban J connectivity index is 2.23. The van der Waals surface area contributed by atoms with Gasteiger partial charge in [0.2, 0.25) is 0 Å². The molecule has 0 bridgehead atoms. The molecule has 5 heteroatoms. The highest BCUT2D eigenvalue weighted by molar-refractivity contribution is 7.99. The van der Waals surface area contributed by atoms with Crippen LogP contribution < -0.4 is 15.2 Å². The highest BCUT2D eigenvalue weighted by atomic mass is 35.5. The van der Waals surface area contributed by atoms with E-state index < -0.39 is 0 Å². The molecule has 0 saturated heterocycles. The first-order valence-electron chi connectivity index (χ1n) is 8.83. The molecule has 0 amide bonds. The maximum absolute atomic E-state index is 5.99. The van der Waals surface area contributed by atoms with Gasteiger partial charge in [0.05, 0.1) is 18.1 Å². The van der Waals surface area contributed by atoms with E-state index in [-0.39, 0.29) is 0 Å². The number of benzene rings is 2. The van der Waals surface area contributed by atoms with Gasteiger partial charge in [0.15, 0.2) is 11.4 Å². The predicted molar refractivity (Wildman–Crippen MR) is 105 cm³/mol. The van der Waals surface area contributed by atoms with Gasteiger partial charge >= 0.3 is 0 Å². The number of unbranched alkanes of at least 4 members (excludes halogenated alkanes) is 2. The average molecular weight is 381 g/mol. The summed E-state index contributed by atoms with van der Waals surface area (Å²) in [4.78, 5) is 2.15. The molecule has 0 unspecified atom stereocenters. The molecule has 0 saturated carbocycles. The van der Waals surface area contributed by atoms with Gasteiger partial charge in [-0.3, -0.25) is 0 Å². The average Bonchev–Trinajstić information content (AvgIpc) is 2.60. The van der Waals surface area contributed by atoms with Gasteiger partial charge in [0, 0.05) is 22.1 Å². The van der Waals surface area contributed by atoms with Crippen LogP contribution in [0.5, 0.6) is 11.5 Å². The summed E-state index contributed by atoms with van der Waals surface area (Å²) < 4.78 is 11.9. The summed E-state index contributed by atoms with van der Waals surface area (Å²) in [6, 6.07) is 11.8. The van der Waals surface area contributed by atoms with Gasteiger partial charge in [0.25, 0.3) is 0 Å². The van der Waals surface area contributed by atoms with Crippen molar-refractivity contribution in [1.82, 2.24) is 0 Å². The van der Waals surface area contributed by atoms with E-state index in [4.69, 9.17) is 21.1 Å². The summed E-state index contributed by atoms with van der Waals surface area (Å²) in [6.45, 7) is 5.73. The number of quaternary nitrogens is 1. The minimum absolute atomic E-state index is 0.708. The normalized spacial score (nSPS) is 10.7. The molecule has 25 heavy (non-hydrogen) atoms. The van der Waals surface area contributed by atoms with Crippen LogP contribution in [0, 0.1) is 0 Å². The van der Waals surface area contributed by atoms with Crippen LogP contribution in [-0.2, 0) is 0 Å². The van der Waals surface area contributed by atoms with Crippen LogP contribution in [0.4, 0.5) is 5.69 Å². The van der Waals surface area contributed by atoms with E-state index in [9.17, 15) is 0 Å². The molecule has 0 fully saturated rings. The predicted octanol–water partition coefficient (Wildman–Crippen LogP) is 5.72. The first-order valence-corrected chi connectivity index (χ1v) is 10.0. The standard InChI is InChI=1S/C20H26ClNO2S/c1-3-5-11-23-18-14-20(25-16-9-7-15(21)8-10-16)19(13-17(18)22)24-12-6-4-2/h7-10,13-14H,3-6,11-12,22H2,1-2H3/p+1. The molecule has 2 aromatic rings. The molecular weight excluding hydrogens is 354 g/mol. The zero-order chi connectivity index (χ0) is 18.1. The molecule has 0 aliphatic heterocycles. The Labute approximate surface area is 159 Å². The topological polar surface area (TPSA) is 46.1 Å². The van der Waals surface area contributed by atoms with E-state index in [0.29, 0.717) is 13.2 Å². The fourth-order valence-corrected chi connectivity index (χ4v) is 3.23. The second-order valence-electron chi connectivity index (χ2n) is 5.87. The van der Waals surface area contributed by atoms with Gasteiger partial charge in [-0.1, -0.05) is 50.1 Å². The lowest BCUT2D eigenvalue weighted by atomic mass is 10.2. The van der Waals surface area contributed by atoms with Gasteiger partial charge in [-0.15, -0.1) is 0 Å². The van der Waals surface area contributed by atoms with Crippen LogP contribution >= 0.6 is 23.4 Å². The van der Waals surface area contributed by atoms with Crippen molar-refractivity contribution in [2.75, 3.05) is 13.2 Å². The largest absolute Gasteiger partial charge is 0.492 e. The van der Waals surface area contributed by atoms with Gasteiger partial charge in [0.1, 0.15) is 5.75 Å². The third-order valence-electron chi connectivity index (χ3n) is 3.68. The summed E-state index contributed by atoms with van der Waals surface area (Å²) in [5, 5.41) is 0.737. The van der Waals surface area contributed by atoms with Crippen molar-refractivity contribution in [3.63, 3.8) is 0 Å². The maximum atomic E-state index is 5.99. The Kier molecular flexibility index (Phi) is 8.45. The SMILES string of the molecule is CCCCOc1cc(Sc2ccc(Cl)cc2)c(OCCCC)cc1[NH3+]. The molecule has 3 nitrogen and oxygen atoms in total. The number of ether oxygens (including phenoxy) is 2. The molecule has 2 rings (SSSR count). The summed E-state index contributed by atoms with van der Waals surface area (Å²) in [5.74, 6) is 1.69. The fourth-order valence-electron chi connectivity index (χ4n) is 2.19. The number of halogens is 1. The van der Waals surface area contributed by atoms with Crippen molar-refractivity contribution in [2.24, 2.45) is 0 Å². The number of rotatable bonds is 10. The van der Waals surface area contributed by atoms with Crippen LogP contribution in [0.1, 0.15) is 39.5 Å². The van der Waals surface area contributed by atoms with Crippen LogP contribution in [0.3, 0.4) is 0 Å². The van der Waals surface area contributed by atoms with Gasteiger partial charge in [-0.05, 0) is 37.1 Å². The Hall–Kier alpha value is -1.36. The minimum atomic E-state index is 0.708. The Morgan fingerprint density at radius 2 is 1.52 bits per heavy atom. The minimum Gasteiger partial charge on any atom is -0.492 e. The lowest BCUT2D eigenvalue weighted by Crippen LogP contribution is -2.40. The van der Waals surface area contributed by atoms with Crippen LogP contribution in [0.25, 0.3) is 0 Å². The second-order valence-corrected chi connectivity index (χ2v) is 7.42. The van der Waals surface area contributed by atoms with Crippen molar-refractivity contribution < 1.29 is 15.2 Å². The number of hydrogen-bond donors (Lipinski definition) is 1. The zero-order valence-corrected chi connectivity index (χ0v) is 16.6. The molecular formula is C20H27ClNO2S+. The molecule has 0 aliphatic carbocycles. The maximum Gasteiger partial charge on any atom is 0.181 e. The molecule has 136 valence electrons. The third-order valence-corrected chi connectivity index (χ3v) is 4.98. The molecule has 0 spiro atoms. The lowest BCUT2D eigenvalue weighted by Gasteiger charge is -2.14. The van der Waals surface area contributed by atoms with Gasteiger partial charge in [-0.2, -0.15) is 0 Å². The molecule has 0 heterocycles. The highest BCUT2D eigenvalue weighted by Gasteiger charge is 2.14. The molecule has 0 aliphatic rings. The first kappa shape index (κ1) is 20.0.